The Morgan fingerprint density at radius 1 is 1.23 bits per heavy atom. The average Bonchev–Trinajstić information content (AvgIpc) is 3.22. The number of amides is 2. The van der Waals surface area contributed by atoms with Gasteiger partial charge in [-0.3, -0.25) is 9.59 Å². The van der Waals surface area contributed by atoms with Crippen molar-refractivity contribution in [2.45, 2.75) is 25.7 Å². The van der Waals surface area contributed by atoms with Crippen LogP contribution < -0.4 is 10.6 Å². The summed E-state index contributed by atoms with van der Waals surface area (Å²) in [6.45, 7) is 5.10. The van der Waals surface area contributed by atoms with Gasteiger partial charge < -0.3 is 20.3 Å². The number of nitrogens with zero attached hydrogens (tertiary/aromatic N) is 1. The lowest BCUT2D eigenvalue weighted by Gasteiger charge is -2.27. The molecule has 1 saturated carbocycles. The molecule has 1 aliphatic carbocycles. The summed E-state index contributed by atoms with van der Waals surface area (Å²) in [6.07, 6.45) is 3.64. The molecule has 0 radical (unpaired) electrons. The van der Waals surface area contributed by atoms with Crippen molar-refractivity contribution < 1.29 is 14.3 Å². The number of nitrogens with one attached hydrogen (secondary N) is 2. The van der Waals surface area contributed by atoms with Gasteiger partial charge in [-0.25, -0.2) is 0 Å². The number of halogens is 1. The molecule has 0 aromatic rings. The minimum atomic E-state index is 0. The van der Waals surface area contributed by atoms with Gasteiger partial charge in [0.05, 0.1) is 13.2 Å². The van der Waals surface area contributed by atoms with Gasteiger partial charge in [0, 0.05) is 32.0 Å². The summed E-state index contributed by atoms with van der Waals surface area (Å²) in [6, 6.07) is 0. The molecule has 2 amide bonds. The fourth-order valence-corrected chi connectivity index (χ4v) is 3.58. The molecule has 2 heterocycles. The second kappa shape index (κ2) is 7.62. The second-order valence-corrected chi connectivity index (χ2v) is 6.40. The number of carbonyl (C=O) groups is 2. The molecule has 3 fully saturated rings. The zero-order valence-corrected chi connectivity index (χ0v) is 13.8. The quantitative estimate of drug-likeness (QED) is 0.770. The van der Waals surface area contributed by atoms with Crippen LogP contribution in [0.1, 0.15) is 25.7 Å². The molecule has 0 aromatic carbocycles. The topological polar surface area (TPSA) is 70.7 Å². The highest BCUT2D eigenvalue weighted by molar-refractivity contribution is 5.85. The zero-order chi connectivity index (χ0) is 14.7. The van der Waals surface area contributed by atoms with E-state index in [2.05, 4.69) is 10.6 Å². The Morgan fingerprint density at radius 2 is 1.91 bits per heavy atom. The highest BCUT2D eigenvalue weighted by Gasteiger charge is 2.57. The summed E-state index contributed by atoms with van der Waals surface area (Å²) in [7, 11) is 0. The van der Waals surface area contributed by atoms with E-state index in [1.807, 2.05) is 4.90 Å². The van der Waals surface area contributed by atoms with Crippen molar-refractivity contribution in [3.63, 3.8) is 0 Å². The maximum Gasteiger partial charge on any atom is 0.224 e. The molecule has 2 saturated heterocycles. The molecule has 1 unspecified atom stereocenters. The Hall–Kier alpha value is -0.850. The maximum atomic E-state index is 12.2. The monoisotopic (exact) mass is 331 g/mol. The first-order valence-corrected chi connectivity index (χ1v) is 8.05. The number of morpholine rings is 1. The maximum absolute atomic E-state index is 12.2. The highest BCUT2D eigenvalue weighted by Crippen LogP contribution is 2.58. The SMILES string of the molecule is Cl.O=C(NCCC(=O)N1CCOCC1)C1CC12CCNCC2. The van der Waals surface area contributed by atoms with Crippen LogP contribution in [0.2, 0.25) is 0 Å². The predicted octanol–water partition coefficient (Wildman–Crippen LogP) is 0.163. The van der Waals surface area contributed by atoms with Crippen LogP contribution in [0.5, 0.6) is 0 Å². The Bertz CT molecular complexity index is 407. The Kier molecular flexibility index (Phi) is 6.06. The van der Waals surface area contributed by atoms with Crippen molar-refractivity contribution in [2.75, 3.05) is 45.9 Å². The fourth-order valence-electron chi connectivity index (χ4n) is 3.58. The van der Waals surface area contributed by atoms with Crippen molar-refractivity contribution in [2.24, 2.45) is 11.3 Å². The van der Waals surface area contributed by atoms with Gasteiger partial charge in [0.2, 0.25) is 11.8 Å². The molecular formula is C15H26ClN3O3. The Balaban J connectivity index is 0.00000176. The molecule has 2 N–H and O–H groups in total. The van der Waals surface area contributed by atoms with Crippen LogP contribution in [0.25, 0.3) is 0 Å². The number of carbonyl (C=O) groups excluding carboxylic acids is 2. The smallest absolute Gasteiger partial charge is 0.224 e. The fraction of sp³-hybridized carbons (Fsp3) is 0.867. The first kappa shape index (κ1) is 17.5. The lowest BCUT2D eigenvalue weighted by Crippen LogP contribution is -2.42. The average molecular weight is 332 g/mol. The van der Waals surface area contributed by atoms with Crippen LogP contribution in [0.15, 0.2) is 0 Å². The third kappa shape index (κ3) is 3.91. The molecule has 2 aliphatic heterocycles. The number of hydrogen-bond acceptors (Lipinski definition) is 4. The molecular weight excluding hydrogens is 306 g/mol. The standard InChI is InChI=1S/C15H25N3O3.ClH/c19-13(18-7-9-21-10-8-18)1-4-17-14(20)12-11-15(12)2-5-16-6-3-15;/h12,16H,1-11H2,(H,17,20);1H. The van der Waals surface area contributed by atoms with Gasteiger partial charge in [0.25, 0.3) is 0 Å². The van der Waals surface area contributed by atoms with Gasteiger partial charge in [-0.1, -0.05) is 0 Å². The lowest BCUT2D eigenvalue weighted by atomic mass is 9.92. The molecule has 0 aromatic heterocycles. The molecule has 3 aliphatic rings. The van der Waals surface area contributed by atoms with Gasteiger partial charge in [0.15, 0.2) is 0 Å². The molecule has 3 rings (SSSR count). The summed E-state index contributed by atoms with van der Waals surface area (Å²) in [5, 5.41) is 6.29. The van der Waals surface area contributed by atoms with E-state index in [0.717, 1.165) is 32.4 Å². The van der Waals surface area contributed by atoms with Crippen molar-refractivity contribution in [1.29, 1.82) is 0 Å². The van der Waals surface area contributed by atoms with Gasteiger partial charge in [0.1, 0.15) is 0 Å². The molecule has 1 spiro atoms. The van der Waals surface area contributed by atoms with Crippen LogP contribution in [0.4, 0.5) is 0 Å². The van der Waals surface area contributed by atoms with Crippen LogP contribution in [0, 0.1) is 11.3 Å². The van der Waals surface area contributed by atoms with E-state index in [-0.39, 0.29) is 35.6 Å². The van der Waals surface area contributed by atoms with Crippen molar-refractivity contribution in [3.05, 3.63) is 0 Å². The van der Waals surface area contributed by atoms with E-state index in [0.29, 0.717) is 39.3 Å². The lowest BCUT2D eigenvalue weighted by molar-refractivity contribution is -0.135. The van der Waals surface area contributed by atoms with Gasteiger partial charge >= 0.3 is 0 Å². The van der Waals surface area contributed by atoms with Crippen LogP contribution >= 0.6 is 12.4 Å². The van der Waals surface area contributed by atoms with E-state index >= 15 is 0 Å². The van der Waals surface area contributed by atoms with E-state index in [4.69, 9.17) is 4.74 Å². The summed E-state index contributed by atoms with van der Waals surface area (Å²) in [5.41, 5.74) is 0.267. The highest BCUT2D eigenvalue weighted by atomic mass is 35.5. The zero-order valence-electron chi connectivity index (χ0n) is 12.9. The third-order valence-corrected chi connectivity index (χ3v) is 5.11. The molecule has 0 bridgehead atoms. The van der Waals surface area contributed by atoms with E-state index < -0.39 is 0 Å². The predicted molar refractivity (Wildman–Crippen MR) is 84.9 cm³/mol. The first-order chi connectivity index (χ1) is 10.2. The summed E-state index contributed by atoms with van der Waals surface area (Å²) in [4.78, 5) is 26.0. The van der Waals surface area contributed by atoms with Gasteiger partial charge in [-0.15, -0.1) is 12.4 Å². The van der Waals surface area contributed by atoms with Crippen molar-refractivity contribution in [3.8, 4) is 0 Å². The normalized spacial score (nSPS) is 26.2. The minimum absolute atomic E-state index is 0. The van der Waals surface area contributed by atoms with E-state index in [9.17, 15) is 9.59 Å². The van der Waals surface area contributed by atoms with Crippen LogP contribution in [-0.2, 0) is 14.3 Å². The number of piperidine rings is 1. The summed E-state index contributed by atoms with van der Waals surface area (Å²) >= 11 is 0. The van der Waals surface area contributed by atoms with Crippen LogP contribution in [0.3, 0.4) is 0 Å². The second-order valence-electron chi connectivity index (χ2n) is 6.40. The molecule has 126 valence electrons. The first-order valence-electron chi connectivity index (χ1n) is 8.05. The van der Waals surface area contributed by atoms with Crippen molar-refractivity contribution >= 4 is 24.2 Å². The number of ether oxygens (including phenoxy) is 1. The largest absolute Gasteiger partial charge is 0.378 e. The summed E-state index contributed by atoms with van der Waals surface area (Å²) in [5.74, 6) is 0.441. The van der Waals surface area contributed by atoms with E-state index in [1.165, 1.54) is 0 Å². The number of rotatable bonds is 4. The molecule has 1 atom stereocenters. The Morgan fingerprint density at radius 3 is 2.59 bits per heavy atom. The molecule has 6 nitrogen and oxygen atoms in total. The van der Waals surface area contributed by atoms with E-state index in [1.54, 1.807) is 0 Å². The number of hydrogen-bond donors (Lipinski definition) is 2. The van der Waals surface area contributed by atoms with Crippen molar-refractivity contribution in [1.82, 2.24) is 15.5 Å². The third-order valence-electron chi connectivity index (χ3n) is 5.11. The molecule has 22 heavy (non-hydrogen) atoms. The molecule has 7 heteroatoms. The van der Waals surface area contributed by atoms with Gasteiger partial charge in [-0.2, -0.15) is 0 Å². The Labute approximate surface area is 137 Å². The minimum Gasteiger partial charge on any atom is -0.378 e. The van der Waals surface area contributed by atoms with Crippen LogP contribution in [-0.4, -0.2) is 62.7 Å². The van der Waals surface area contributed by atoms with Gasteiger partial charge in [-0.05, 0) is 37.8 Å². The summed E-state index contributed by atoms with van der Waals surface area (Å²) < 4.78 is 5.23.